The summed E-state index contributed by atoms with van der Waals surface area (Å²) in [6.45, 7) is 0. The van der Waals surface area contributed by atoms with Crippen molar-refractivity contribution in [3.63, 3.8) is 0 Å². The van der Waals surface area contributed by atoms with E-state index in [9.17, 15) is 9.90 Å². The molecule has 0 saturated carbocycles. The molecule has 0 unspecified atom stereocenters. The van der Waals surface area contributed by atoms with Crippen molar-refractivity contribution in [1.82, 2.24) is 4.98 Å². The third-order valence-electron chi connectivity index (χ3n) is 3.34. The lowest BCUT2D eigenvalue weighted by Gasteiger charge is -2.04. The average molecular weight is 251 g/mol. The normalized spacial score (nSPS) is 12.9. The molecule has 3 heteroatoms. The summed E-state index contributed by atoms with van der Waals surface area (Å²) in [5.74, 6) is -0.881. The third kappa shape index (κ3) is 2.27. The molecule has 94 valence electrons. The van der Waals surface area contributed by atoms with Gasteiger partial charge in [0.1, 0.15) is 0 Å². The van der Waals surface area contributed by atoms with Crippen molar-refractivity contribution >= 4 is 12.0 Å². The Labute approximate surface area is 111 Å². The van der Waals surface area contributed by atoms with Gasteiger partial charge in [0.15, 0.2) is 0 Å². The van der Waals surface area contributed by atoms with Crippen LogP contribution in [0.2, 0.25) is 0 Å². The average Bonchev–Trinajstić information content (AvgIpc) is 2.81. The van der Waals surface area contributed by atoms with E-state index in [0.717, 1.165) is 17.7 Å². The van der Waals surface area contributed by atoms with Gasteiger partial charge >= 0.3 is 5.97 Å². The molecule has 2 aromatic rings. The maximum atomic E-state index is 11.2. The van der Waals surface area contributed by atoms with Gasteiger partial charge in [-0.05, 0) is 36.1 Å². The SMILES string of the molecule is O=C(O)c1ccnc2c1CC(Cc1ccccc1)=C2. The molecule has 3 nitrogen and oxygen atoms in total. The summed E-state index contributed by atoms with van der Waals surface area (Å²) in [4.78, 5) is 15.4. The molecule has 0 saturated heterocycles. The van der Waals surface area contributed by atoms with Crippen LogP contribution in [0.3, 0.4) is 0 Å². The summed E-state index contributed by atoms with van der Waals surface area (Å²) in [7, 11) is 0. The molecule has 1 aliphatic carbocycles. The molecular formula is C16H13NO2. The van der Waals surface area contributed by atoms with Crippen LogP contribution in [0.1, 0.15) is 27.2 Å². The van der Waals surface area contributed by atoms with Crippen LogP contribution >= 0.6 is 0 Å². The van der Waals surface area contributed by atoms with Crippen molar-refractivity contribution in [2.24, 2.45) is 0 Å². The first-order valence-electron chi connectivity index (χ1n) is 6.18. The van der Waals surface area contributed by atoms with E-state index in [0.29, 0.717) is 12.0 Å². The van der Waals surface area contributed by atoms with E-state index in [1.807, 2.05) is 24.3 Å². The summed E-state index contributed by atoms with van der Waals surface area (Å²) in [6, 6.07) is 11.7. The minimum atomic E-state index is -0.881. The smallest absolute Gasteiger partial charge is 0.336 e. The van der Waals surface area contributed by atoms with Crippen molar-refractivity contribution in [3.05, 3.63) is 70.6 Å². The van der Waals surface area contributed by atoms with E-state index in [1.165, 1.54) is 11.1 Å². The maximum Gasteiger partial charge on any atom is 0.336 e. The van der Waals surface area contributed by atoms with Crippen molar-refractivity contribution < 1.29 is 9.90 Å². The number of aromatic carboxylic acids is 1. The predicted molar refractivity (Wildman–Crippen MR) is 73.0 cm³/mol. The van der Waals surface area contributed by atoms with Gasteiger partial charge in [-0.25, -0.2) is 4.79 Å². The molecule has 0 spiro atoms. The van der Waals surface area contributed by atoms with Crippen LogP contribution in [0.4, 0.5) is 0 Å². The molecular weight excluding hydrogens is 238 g/mol. The third-order valence-corrected chi connectivity index (χ3v) is 3.34. The molecule has 1 heterocycles. The van der Waals surface area contributed by atoms with E-state index >= 15 is 0 Å². The second kappa shape index (κ2) is 4.69. The summed E-state index contributed by atoms with van der Waals surface area (Å²) in [6.07, 6.45) is 5.09. The Morgan fingerprint density at radius 2 is 2.00 bits per heavy atom. The number of carbonyl (C=O) groups is 1. The van der Waals surface area contributed by atoms with Gasteiger partial charge in [0, 0.05) is 6.20 Å². The van der Waals surface area contributed by atoms with E-state index in [1.54, 1.807) is 12.3 Å². The zero-order valence-electron chi connectivity index (χ0n) is 10.3. The molecule has 3 rings (SSSR count). The number of allylic oxidation sites excluding steroid dienone is 1. The Morgan fingerprint density at radius 3 is 2.74 bits per heavy atom. The number of carboxylic acids is 1. The topological polar surface area (TPSA) is 50.2 Å². The first-order valence-corrected chi connectivity index (χ1v) is 6.18. The Bertz CT molecular complexity index is 660. The summed E-state index contributed by atoms with van der Waals surface area (Å²) in [5, 5.41) is 9.17. The number of hydrogen-bond donors (Lipinski definition) is 1. The number of nitrogens with zero attached hydrogens (tertiary/aromatic N) is 1. The summed E-state index contributed by atoms with van der Waals surface area (Å²) < 4.78 is 0. The van der Waals surface area contributed by atoms with Crippen LogP contribution in [0.15, 0.2) is 48.2 Å². The van der Waals surface area contributed by atoms with E-state index in [4.69, 9.17) is 0 Å². The second-order valence-electron chi connectivity index (χ2n) is 4.67. The minimum Gasteiger partial charge on any atom is -0.478 e. The molecule has 0 atom stereocenters. The largest absolute Gasteiger partial charge is 0.478 e. The Morgan fingerprint density at radius 1 is 1.21 bits per heavy atom. The Balaban J connectivity index is 1.87. The Hall–Kier alpha value is -2.42. The van der Waals surface area contributed by atoms with Crippen LogP contribution < -0.4 is 0 Å². The van der Waals surface area contributed by atoms with Crippen LogP contribution in [0, 0.1) is 0 Å². The lowest BCUT2D eigenvalue weighted by Crippen LogP contribution is -2.03. The first kappa shape index (κ1) is 11.7. The standard InChI is InChI=1S/C16H13NO2/c18-16(19)13-6-7-17-15-10-12(9-14(13)15)8-11-4-2-1-3-5-11/h1-7,10H,8-9H2,(H,18,19). The van der Waals surface area contributed by atoms with Gasteiger partial charge in [0.25, 0.3) is 0 Å². The molecule has 0 fully saturated rings. The number of benzene rings is 1. The highest BCUT2D eigenvalue weighted by molar-refractivity contribution is 5.91. The van der Waals surface area contributed by atoms with Gasteiger partial charge < -0.3 is 5.11 Å². The second-order valence-corrected chi connectivity index (χ2v) is 4.67. The zero-order chi connectivity index (χ0) is 13.2. The number of rotatable bonds is 3. The fourth-order valence-electron chi connectivity index (χ4n) is 2.46. The minimum absolute atomic E-state index is 0.365. The lowest BCUT2D eigenvalue weighted by molar-refractivity contribution is 0.0695. The monoisotopic (exact) mass is 251 g/mol. The molecule has 1 aromatic carbocycles. The summed E-state index contributed by atoms with van der Waals surface area (Å²) >= 11 is 0. The molecule has 1 aromatic heterocycles. The van der Waals surface area contributed by atoms with Gasteiger partial charge in [-0.15, -0.1) is 0 Å². The molecule has 0 radical (unpaired) electrons. The van der Waals surface area contributed by atoms with Gasteiger partial charge in [-0.3, -0.25) is 4.98 Å². The fourth-order valence-corrected chi connectivity index (χ4v) is 2.46. The van der Waals surface area contributed by atoms with Crippen molar-refractivity contribution in [3.8, 4) is 0 Å². The van der Waals surface area contributed by atoms with Gasteiger partial charge in [0.05, 0.1) is 11.3 Å². The maximum absolute atomic E-state index is 11.2. The van der Waals surface area contributed by atoms with E-state index in [2.05, 4.69) is 17.1 Å². The molecule has 19 heavy (non-hydrogen) atoms. The van der Waals surface area contributed by atoms with Crippen molar-refractivity contribution in [2.45, 2.75) is 12.8 Å². The number of fused-ring (bicyclic) bond motifs is 1. The van der Waals surface area contributed by atoms with E-state index in [-0.39, 0.29) is 0 Å². The molecule has 0 aliphatic heterocycles. The Kier molecular flexibility index (Phi) is 2.88. The first-order chi connectivity index (χ1) is 9.24. The number of pyridine rings is 1. The predicted octanol–water partition coefficient (Wildman–Crippen LogP) is 2.96. The highest BCUT2D eigenvalue weighted by Crippen LogP contribution is 2.28. The van der Waals surface area contributed by atoms with Crippen LogP contribution in [-0.4, -0.2) is 16.1 Å². The summed E-state index contributed by atoms with van der Waals surface area (Å²) in [5.41, 5.74) is 4.44. The lowest BCUT2D eigenvalue weighted by atomic mass is 10.0. The zero-order valence-corrected chi connectivity index (χ0v) is 10.3. The number of carboxylic acid groups (broad SMARTS) is 1. The highest BCUT2D eigenvalue weighted by atomic mass is 16.4. The fraction of sp³-hybridized carbons (Fsp3) is 0.125. The van der Waals surface area contributed by atoms with Gasteiger partial charge in [0.2, 0.25) is 0 Å². The molecule has 1 aliphatic rings. The molecule has 0 bridgehead atoms. The van der Waals surface area contributed by atoms with Crippen LogP contribution in [-0.2, 0) is 12.8 Å². The van der Waals surface area contributed by atoms with Crippen LogP contribution in [0.5, 0.6) is 0 Å². The van der Waals surface area contributed by atoms with Gasteiger partial charge in [-0.1, -0.05) is 35.9 Å². The quantitative estimate of drug-likeness (QED) is 0.912. The number of hydrogen-bond acceptors (Lipinski definition) is 2. The molecule has 1 N–H and O–H groups in total. The number of aromatic nitrogens is 1. The highest BCUT2D eigenvalue weighted by Gasteiger charge is 2.20. The molecule has 0 amide bonds. The van der Waals surface area contributed by atoms with Crippen molar-refractivity contribution in [2.75, 3.05) is 0 Å². The van der Waals surface area contributed by atoms with Crippen LogP contribution in [0.25, 0.3) is 6.08 Å². The van der Waals surface area contributed by atoms with Crippen molar-refractivity contribution in [1.29, 1.82) is 0 Å². The van der Waals surface area contributed by atoms with Gasteiger partial charge in [-0.2, -0.15) is 0 Å². The van der Waals surface area contributed by atoms with E-state index < -0.39 is 5.97 Å².